The largest absolute Gasteiger partial charge is 0.352 e. The molecule has 1 N–H and O–H groups in total. The van der Waals surface area contributed by atoms with Crippen molar-refractivity contribution in [2.45, 2.75) is 45.2 Å². The SMILES string of the molecule is Cc1ccccc1[C@H]1SCC(=O)N1[C@H](C)C(=O)NC(C)C. The molecule has 0 aromatic heterocycles. The first-order chi connectivity index (χ1) is 9.91. The number of carbonyl (C=O) groups is 2. The third kappa shape index (κ3) is 3.40. The Morgan fingerprint density at radius 1 is 1.33 bits per heavy atom. The van der Waals surface area contributed by atoms with E-state index in [1.807, 2.05) is 45.0 Å². The second-order valence-electron chi connectivity index (χ2n) is 5.66. The van der Waals surface area contributed by atoms with Gasteiger partial charge in [-0.15, -0.1) is 11.8 Å². The van der Waals surface area contributed by atoms with Crippen molar-refractivity contribution in [1.82, 2.24) is 10.2 Å². The Morgan fingerprint density at radius 2 is 2.00 bits per heavy atom. The average molecular weight is 306 g/mol. The van der Waals surface area contributed by atoms with Crippen molar-refractivity contribution in [3.63, 3.8) is 0 Å². The number of hydrogen-bond donors (Lipinski definition) is 1. The molecule has 0 unspecified atom stereocenters. The number of rotatable bonds is 4. The highest BCUT2D eigenvalue weighted by molar-refractivity contribution is 8.00. The van der Waals surface area contributed by atoms with Gasteiger partial charge in [0.1, 0.15) is 11.4 Å². The van der Waals surface area contributed by atoms with Gasteiger partial charge >= 0.3 is 0 Å². The first kappa shape index (κ1) is 15.9. The zero-order chi connectivity index (χ0) is 15.6. The second-order valence-corrected chi connectivity index (χ2v) is 6.73. The Balaban J connectivity index is 2.25. The van der Waals surface area contributed by atoms with Crippen LogP contribution in [0.2, 0.25) is 0 Å². The minimum absolute atomic E-state index is 0.0275. The van der Waals surface area contributed by atoms with Crippen molar-refractivity contribution >= 4 is 23.6 Å². The Bertz CT molecular complexity index is 545. The third-order valence-corrected chi connectivity index (χ3v) is 4.80. The second kappa shape index (κ2) is 6.52. The van der Waals surface area contributed by atoms with E-state index in [0.29, 0.717) is 5.75 Å². The molecule has 5 heteroatoms. The summed E-state index contributed by atoms with van der Waals surface area (Å²) >= 11 is 1.59. The van der Waals surface area contributed by atoms with E-state index < -0.39 is 6.04 Å². The van der Waals surface area contributed by atoms with E-state index in [1.165, 1.54) is 0 Å². The molecule has 0 bridgehead atoms. The molecule has 21 heavy (non-hydrogen) atoms. The minimum atomic E-state index is -0.459. The molecule has 1 heterocycles. The van der Waals surface area contributed by atoms with E-state index in [2.05, 4.69) is 5.32 Å². The Kier molecular flexibility index (Phi) is 4.93. The maximum atomic E-state index is 12.2. The predicted octanol–water partition coefficient (Wildman–Crippen LogP) is 2.48. The lowest BCUT2D eigenvalue weighted by Gasteiger charge is -2.30. The lowest BCUT2D eigenvalue weighted by molar-refractivity contribution is -0.138. The van der Waals surface area contributed by atoms with Crippen molar-refractivity contribution in [3.05, 3.63) is 35.4 Å². The lowest BCUT2D eigenvalue weighted by atomic mass is 10.1. The van der Waals surface area contributed by atoms with Crippen LogP contribution >= 0.6 is 11.8 Å². The van der Waals surface area contributed by atoms with Crippen LogP contribution in [0.5, 0.6) is 0 Å². The summed E-state index contributed by atoms with van der Waals surface area (Å²) in [5, 5.41) is 2.81. The van der Waals surface area contributed by atoms with Gasteiger partial charge in [-0.2, -0.15) is 0 Å². The number of nitrogens with zero attached hydrogens (tertiary/aromatic N) is 1. The maximum absolute atomic E-state index is 12.2. The number of nitrogens with one attached hydrogen (secondary N) is 1. The first-order valence-corrected chi connectivity index (χ1v) is 8.25. The maximum Gasteiger partial charge on any atom is 0.242 e. The Hall–Kier alpha value is -1.49. The summed E-state index contributed by atoms with van der Waals surface area (Å²) in [6.07, 6.45) is 0. The standard InChI is InChI=1S/C16H22N2O2S/c1-10(2)17-15(20)12(4)18-14(19)9-21-16(18)13-8-6-5-7-11(13)3/h5-8,10,12,16H,9H2,1-4H3,(H,17,20)/t12-,16-/m1/s1. The molecule has 1 saturated heterocycles. The zero-order valence-electron chi connectivity index (χ0n) is 12.9. The molecule has 1 fully saturated rings. The van der Waals surface area contributed by atoms with E-state index in [4.69, 9.17) is 0 Å². The molecule has 2 rings (SSSR count). The average Bonchev–Trinajstić information content (AvgIpc) is 2.79. The number of benzene rings is 1. The summed E-state index contributed by atoms with van der Waals surface area (Å²) in [6.45, 7) is 7.68. The Morgan fingerprint density at radius 3 is 2.62 bits per heavy atom. The molecule has 0 saturated carbocycles. The number of thioether (sulfide) groups is 1. The quantitative estimate of drug-likeness (QED) is 0.930. The third-order valence-electron chi connectivity index (χ3n) is 3.59. The molecule has 4 nitrogen and oxygen atoms in total. The van der Waals surface area contributed by atoms with Crippen LogP contribution in [0.25, 0.3) is 0 Å². The van der Waals surface area contributed by atoms with E-state index in [9.17, 15) is 9.59 Å². The summed E-state index contributed by atoms with van der Waals surface area (Å²) in [4.78, 5) is 26.2. The monoisotopic (exact) mass is 306 g/mol. The van der Waals surface area contributed by atoms with Crippen LogP contribution in [0.1, 0.15) is 37.3 Å². The van der Waals surface area contributed by atoms with Crippen LogP contribution in [-0.4, -0.2) is 34.6 Å². The molecule has 1 aromatic rings. The van der Waals surface area contributed by atoms with Gasteiger partial charge in [0.15, 0.2) is 0 Å². The van der Waals surface area contributed by atoms with Crippen molar-refractivity contribution in [2.24, 2.45) is 0 Å². The predicted molar refractivity (Wildman–Crippen MR) is 86.0 cm³/mol. The van der Waals surface area contributed by atoms with Crippen molar-refractivity contribution in [1.29, 1.82) is 0 Å². The van der Waals surface area contributed by atoms with Gasteiger partial charge in [0.05, 0.1) is 5.75 Å². The van der Waals surface area contributed by atoms with Gasteiger partial charge < -0.3 is 10.2 Å². The molecule has 1 aromatic carbocycles. The van der Waals surface area contributed by atoms with Gasteiger partial charge in [0.2, 0.25) is 11.8 Å². The summed E-state index contributed by atoms with van der Waals surface area (Å²) in [6, 6.07) is 7.64. The van der Waals surface area contributed by atoms with Gasteiger partial charge in [-0.05, 0) is 38.8 Å². The summed E-state index contributed by atoms with van der Waals surface area (Å²) < 4.78 is 0. The van der Waals surface area contributed by atoms with Crippen LogP contribution in [0.3, 0.4) is 0 Å². The fourth-order valence-electron chi connectivity index (χ4n) is 2.49. The minimum Gasteiger partial charge on any atom is -0.352 e. The van der Waals surface area contributed by atoms with Crippen molar-refractivity contribution in [2.75, 3.05) is 5.75 Å². The number of amides is 2. The molecule has 114 valence electrons. The normalized spacial score (nSPS) is 20.0. The fourth-order valence-corrected chi connectivity index (χ4v) is 3.84. The highest BCUT2D eigenvalue weighted by Gasteiger charge is 2.39. The number of aryl methyl sites for hydroxylation is 1. The van der Waals surface area contributed by atoms with Gasteiger partial charge in [-0.1, -0.05) is 24.3 Å². The van der Waals surface area contributed by atoms with Crippen molar-refractivity contribution in [3.8, 4) is 0 Å². The summed E-state index contributed by atoms with van der Waals surface area (Å²) in [7, 11) is 0. The van der Waals surface area contributed by atoms with Crippen LogP contribution in [-0.2, 0) is 9.59 Å². The molecular formula is C16H22N2O2S. The van der Waals surface area contributed by atoms with E-state index in [0.717, 1.165) is 11.1 Å². The van der Waals surface area contributed by atoms with E-state index in [-0.39, 0.29) is 23.2 Å². The number of carbonyl (C=O) groups excluding carboxylic acids is 2. The molecule has 0 aliphatic carbocycles. The molecule has 0 radical (unpaired) electrons. The summed E-state index contributed by atoms with van der Waals surface area (Å²) in [5.74, 6) is 0.359. The van der Waals surface area contributed by atoms with Crippen LogP contribution in [0.15, 0.2) is 24.3 Å². The molecule has 0 spiro atoms. The molecule has 1 aliphatic heterocycles. The van der Waals surface area contributed by atoms with E-state index in [1.54, 1.807) is 23.6 Å². The van der Waals surface area contributed by atoms with Crippen LogP contribution in [0, 0.1) is 6.92 Å². The number of hydrogen-bond acceptors (Lipinski definition) is 3. The first-order valence-electron chi connectivity index (χ1n) is 7.20. The lowest BCUT2D eigenvalue weighted by Crippen LogP contribution is -2.48. The molecular weight excluding hydrogens is 284 g/mol. The van der Waals surface area contributed by atoms with Gasteiger partial charge in [0.25, 0.3) is 0 Å². The summed E-state index contributed by atoms with van der Waals surface area (Å²) in [5.41, 5.74) is 2.25. The molecule has 2 atom stereocenters. The topological polar surface area (TPSA) is 49.4 Å². The van der Waals surface area contributed by atoms with Gasteiger partial charge in [-0.3, -0.25) is 9.59 Å². The smallest absolute Gasteiger partial charge is 0.242 e. The van der Waals surface area contributed by atoms with Crippen molar-refractivity contribution < 1.29 is 9.59 Å². The highest BCUT2D eigenvalue weighted by atomic mass is 32.2. The molecule has 2 amide bonds. The van der Waals surface area contributed by atoms with Crippen LogP contribution in [0.4, 0.5) is 0 Å². The highest BCUT2D eigenvalue weighted by Crippen LogP contribution is 2.41. The van der Waals surface area contributed by atoms with Gasteiger partial charge in [-0.25, -0.2) is 0 Å². The van der Waals surface area contributed by atoms with E-state index >= 15 is 0 Å². The zero-order valence-corrected chi connectivity index (χ0v) is 13.7. The van der Waals surface area contributed by atoms with Crippen LogP contribution < -0.4 is 5.32 Å². The molecule has 1 aliphatic rings. The fraction of sp³-hybridized carbons (Fsp3) is 0.500. The Labute approximate surface area is 130 Å². The van der Waals surface area contributed by atoms with Gasteiger partial charge in [0, 0.05) is 6.04 Å².